The minimum atomic E-state index is -0.0406. The molecule has 0 unspecified atom stereocenters. The number of rotatable bonds is 4. The zero-order valence-electron chi connectivity index (χ0n) is 16.7. The number of nitrogens with one attached hydrogen (secondary N) is 1. The number of hydrogen-bond acceptors (Lipinski definition) is 5. The first kappa shape index (κ1) is 19.8. The average molecular weight is 426 g/mol. The molecule has 0 saturated carbocycles. The fourth-order valence-corrected chi connectivity index (χ4v) is 6.19. The van der Waals surface area contributed by atoms with Gasteiger partial charge in [-0.1, -0.05) is 0 Å². The van der Waals surface area contributed by atoms with Crippen LogP contribution in [0.3, 0.4) is 0 Å². The third-order valence-electron chi connectivity index (χ3n) is 5.22. The van der Waals surface area contributed by atoms with Crippen LogP contribution in [0.2, 0.25) is 0 Å². The van der Waals surface area contributed by atoms with Crippen molar-refractivity contribution in [1.82, 2.24) is 9.88 Å². The number of amides is 2. The van der Waals surface area contributed by atoms with Crippen molar-refractivity contribution >= 4 is 55.8 Å². The number of likely N-dealkylation sites (N-methyl/N-ethyl adjacent to an activating group) is 1. The number of nitrogens with zero attached hydrogens (tertiary/aromatic N) is 2. The van der Waals surface area contributed by atoms with Crippen LogP contribution in [0.4, 0.5) is 5.82 Å². The summed E-state index contributed by atoms with van der Waals surface area (Å²) in [6.07, 6.45) is 7.22. The summed E-state index contributed by atoms with van der Waals surface area (Å²) in [5, 5.41) is 6.36. The summed E-state index contributed by atoms with van der Waals surface area (Å²) in [6, 6.07) is 2.00. The van der Waals surface area contributed by atoms with Gasteiger partial charge in [0.2, 0.25) is 11.8 Å². The Balaban J connectivity index is 1.45. The normalized spacial score (nSPS) is 14.1. The molecule has 7 heteroatoms. The van der Waals surface area contributed by atoms with Gasteiger partial charge in [0.1, 0.15) is 5.82 Å². The molecule has 2 amide bonds. The Labute approximate surface area is 178 Å². The van der Waals surface area contributed by atoms with Crippen molar-refractivity contribution in [1.29, 1.82) is 0 Å². The maximum absolute atomic E-state index is 12.6. The number of pyridine rings is 1. The molecule has 5 nitrogen and oxygen atoms in total. The Bertz CT molecular complexity index is 1130. The molecule has 4 heterocycles. The molecule has 3 aromatic rings. The predicted molar refractivity (Wildman–Crippen MR) is 120 cm³/mol. The lowest BCUT2D eigenvalue weighted by Gasteiger charge is -2.14. The molecule has 0 radical (unpaired) electrons. The number of fused-ring (bicyclic) bond motifs is 2. The highest BCUT2D eigenvalue weighted by Crippen LogP contribution is 2.38. The van der Waals surface area contributed by atoms with Crippen molar-refractivity contribution < 1.29 is 9.59 Å². The highest BCUT2D eigenvalue weighted by Gasteiger charge is 2.16. The summed E-state index contributed by atoms with van der Waals surface area (Å²) >= 11 is 3.55. The van der Waals surface area contributed by atoms with Crippen molar-refractivity contribution in [2.24, 2.45) is 0 Å². The van der Waals surface area contributed by atoms with Gasteiger partial charge in [-0.3, -0.25) is 9.59 Å². The van der Waals surface area contributed by atoms with Crippen LogP contribution >= 0.6 is 22.7 Å². The number of thiophene rings is 2. The Morgan fingerprint density at radius 2 is 2.17 bits per heavy atom. The van der Waals surface area contributed by atoms with Gasteiger partial charge in [0.05, 0.1) is 10.6 Å². The molecule has 0 bridgehead atoms. The summed E-state index contributed by atoms with van der Waals surface area (Å²) in [6.45, 7) is 4.89. The van der Waals surface area contributed by atoms with E-state index in [0.29, 0.717) is 18.8 Å². The monoisotopic (exact) mass is 425 g/mol. The van der Waals surface area contributed by atoms with E-state index >= 15 is 0 Å². The fourth-order valence-electron chi connectivity index (χ4n) is 3.57. The molecule has 4 rings (SSSR count). The molecule has 0 atom stereocenters. The van der Waals surface area contributed by atoms with Gasteiger partial charge in [-0.2, -0.15) is 0 Å². The summed E-state index contributed by atoms with van der Waals surface area (Å²) in [7, 11) is 1.83. The molecule has 0 fully saturated rings. The van der Waals surface area contributed by atoms with E-state index in [4.69, 9.17) is 0 Å². The Morgan fingerprint density at radius 3 is 2.97 bits per heavy atom. The van der Waals surface area contributed by atoms with Gasteiger partial charge in [0, 0.05) is 36.0 Å². The highest BCUT2D eigenvalue weighted by atomic mass is 32.2. The van der Waals surface area contributed by atoms with E-state index in [0.717, 1.165) is 24.0 Å². The van der Waals surface area contributed by atoms with E-state index in [1.54, 1.807) is 45.9 Å². The topological polar surface area (TPSA) is 62.3 Å². The van der Waals surface area contributed by atoms with Crippen LogP contribution in [-0.4, -0.2) is 28.7 Å². The molecule has 3 aromatic heterocycles. The lowest BCUT2D eigenvalue weighted by atomic mass is 10.1. The van der Waals surface area contributed by atoms with Crippen LogP contribution in [0.25, 0.3) is 15.5 Å². The summed E-state index contributed by atoms with van der Waals surface area (Å²) in [4.78, 5) is 31.6. The second-order valence-electron chi connectivity index (χ2n) is 7.44. The zero-order valence-corrected chi connectivity index (χ0v) is 18.4. The second kappa shape index (κ2) is 8.08. The van der Waals surface area contributed by atoms with Gasteiger partial charge < -0.3 is 10.2 Å². The molecule has 0 aromatic carbocycles. The molecular weight excluding hydrogens is 402 g/mol. The van der Waals surface area contributed by atoms with E-state index in [-0.39, 0.29) is 11.8 Å². The first-order valence-corrected chi connectivity index (χ1v) is 11.3. The molecule has 1 aliphatic rings. The standard InChI is InChI=1S/C22H23N3O2S2/c1-13-12-28-22-20(13)14(2)17(29-22)11-25(3)19(27)8-7-15-9-16-5-4-6-18(26)24-21(16)23-10-15/h7-10,12H,4-6,11H2,1-3H3,(H,23,24,26)/b8-7+. The van der Waals surface area contributed by atoms with Gasteiger partial charge >= 0.3 is 0 Å². The van der Waals surface area contributed by atoms with Gasteiger partial charge in [-0.25, -0.2) is 4.98 Å². The quantitative estimate of drug-likeness (QED) is 0.604. The number of carbonyl (C=O) groups excluding carboxylic acids is 2. The van der Waals surface area contributed by atoms with Crippen LogP contribution in [0.5, 0.6) is 0 Å². The van der Waals surface area contributed by atoms with Gasteiger partial charge in [-0.05, 0) is 66.5 Å². The Morgan fingerprint density at radius 1 is 1.34 bits per heavy atom. The van der Waals surface area contributed by atoms with E-state index in [9.17, 15) is 9.59 Å². The van der Waals surface area contributed by atoms with Crippen molar-refractivity contribution in [2.45, 2.75) is 39.7 Å². The van der Waals surface area contributed by atoms with Crippen LogP contribution in [0.15, 0.2) is 23.7 Å². The molecule has 29 heavy (non-hydrogen) atoms. The summed E-state index contributed by atoms with van der Waals surface area (Å²) < 4.78 is 1.33. The van der Waals surface area contributed by atoms with Gasteiger partial charge in [0.25, 0.3) is 0 Å². The summed E-state index contributed by atoms with van der Waals surface area (Å²) in [5.41, 5.74) is 4.48. The number of aromatic nitrogens is 1. The lowest BCUT2D eigenvalue weighted by molar-refractivity contribution is -0.125. The molecule has 1 aliphatic heterocycles. The lowest BCUT2D eigenvalue weighted by Crippen LogP contribution is -2.23. The molecule has 0 spiro atoms. The maximum atomic E-state index is 12.6. The van der Waals surface area contributed by atoms with E-state index in [2.05, 4.69) is 29.5 Å². The number of aryl methyl sites for hydroxylation is 3. The molecular formula is C22H23N3O2S2. The van der Waals surface area contributed by atoms with Crippen molar-refractivity contribution in [3.05, 3.63) is 50.9 Å². The van der Waals surface area contributed by atoms with E-state index in [1.807, 2.05) is 13.1 Å². The van der Waals surface area contributed by atoms with E-state index in [1.165, 1.54) is 25.4 Å². The number of carbonyl (C=O) groups is 2. The number of anilines is 1. The third-order valence-corrected chi connectivity index (χ3v) is 7.72. The maximum Gasteiger partial charge on any atom is 0.246 e. The van der Waals surface area contributed by atoms with Crippen molar-refractivity contribution in [3.8, 4) is 0 Å². The summed E-state index contributed by atoms with van der Waals surface area (Å²) in [5.74, 6) is 0.605. The Kier molecular flexibility index (Phi) is 5.52. The Hall–Kier alpha value is -2.51. The molecule has 150 valence electrons. The zero-order chi connectivity index (χ0) is 20.5. The van der Waals surface area contributed by atoms with E-state index < -0.39 is 0 Å². The first-order valence-electron chi connectivity index (χ1n) is 9.60. The highest BCUT2D eigenvalue weighted by molar-refractivity contribution is 7.37. The number of hydrogen-bond donors (Lipinski definition) is 1. The van der Waals surface area contributed by atoms with Crippen molar-refractivity contribution in [3.63, 3.8) is 0 Å². The average Bonchev–Trinajstić information content (AvgIpc) is 3.13. The predicted octanol–water partition coefficient (Wildman–Crippen LogP) is 4.92. The van der Waals surface area contributed by atoms with Crippen LogP contribution in [0, 0.1) is 13.8 Å². The smallest absolute Gasteiger partial charge is 0.246 e. The first-order chi connectivity index (χ1) is 13.9. The minimum Gasteiger partial charge on any atom is -0.337 e. The van der Waals surface area contributed by atoms with Gasteiger partial charge in [-0.15, -0.1) is 22.7 Å². The SMILES string of the molecule is Cc1csc2sc(CN(C)C(=O)/C=C/c3cnc4c(c3)CCCC(=O)N4)c(C)c12. The van der Waals surface area contributed by atoms with Gasteiger partial charge in [0.15, 0.2) is 0 Å². The van der Waals surface area contributed by atoms with Crippen LogP contribution in [0.1, 0.15) is 40.0 Å². The fraction of sp³-hybridized carbons (Fsp3) is 0.318. The van der Waals surface area contributed by atoms with Crippen LogP contribution < -0.4 is 5.32 Å². The molecule has 0 aliphatic carbocycles. The third kappa shape index (κ3) is 4.11. The largest absolute Gasteiger partial charge is 0.337 e. The van der Waals surface area contributed by atoms with Crippen molar-refractivity contribution in [2.75, 3.05) is 12.4 Å². The molecule has 1 N–H and O–H groups in total. The second-order valence-corrected chi connectivity index (χ2v) is 9.68. The minimum absolute atomic E-state index is 0.00951. The van der Waals surface area contributed by atoms with Crippen LogP contribution in [-0.2, 0) is 22.6 Å². The molecule has 0 saturated heterocycles.